The lowest BCUT2D eigenvalue weighted by molar-refractivity contribution is -0.154. The molecule has 9 nitrogen and oxygen atoms in total. The number of aliphatic hydroxyl groups excluding tert-OH is 2. The lowest BCUT2D eigenvalue weighted by Crippen LogP contribution is -2.29. The molecule has 59 heavy (non-hydrogen) atoms. The minimum absolute atomic E-state index is 0.0303. The number of hydrogen-bond donors (Lipinski definition) is 3. The standard InChI is InChI=1S/C49H87O9P/c1-3-5-7-9-11-13-15-17-19-21-23-25-27-29-31-33-35-37-39-41-49(52)58-48(46-57-59(53,54)56-44-47(51)43-50)45-55-42-40-38-36-34-32-30-28-26-24-22-20-18-16-14-12-10-8-6-4-2/h5,7,11,13,17,19-20,22-23,25,29,31,47-48,50-51H,3-4,6,8-10,12,14-16,18,21,24,26-28,30,32-46H2,1-2H3,(H,53,54)/b7-5-,13-11-,19-17-,22-20-,25-23-,31-29-. The molecule has 3 N–H and O–H groups in total. The Kier molecular flexibility index (Phi) is 43.8. The van der Waals surface area contributed by atoms with E-state index in [9.17, 15) is 19.4 Å². The summed E-state index contributed by atoms with van der Waals surface area (Å²) in [4.78, 5) is 22.6. The summed E-state index contributed by atoms with van der Waals surface area (Å²) in [6, 6.07) is 0. The van der Waals surface area contributed by atoms with Crippen LogP contribution in [0.5, 0.6) is 0 Å². The van der Waals surface area contributed by atoms with Crippen LogP contribution in [0.1, 0.15) is 187 Å². The van der Waals surface area contributed by atoms with Crippen LogP contribution in [-0.2, 0) is 27.9 Å². The van der Waals surface area contributed by atoms with Gasteiger partial charge in [-0.3, -0.25) is 13.8 Å². The number of unbranched alkanes of at least 4 members (excludes halogenated alkanes) is 18. The summed E-state index contributed by atoms with van der Waals surface area (Å²) in [6.07, 6.45) is 54.3. The molecule has 0 aliphatic carbocycles. The maximum absolute atomic E-state index is 12.6. The number of carbonyl (C=O) groups excluding carboxylic acids is 1. The number of carbonyl (C=O) groups is 1. The van der Waals surface area contributed by atoms with Crippen LogP contribution < -0.4 is 0 Å². The molecule has 3 unspecified atom stereocenters. The Labute approximate surface area is 361 Å². The third-order valence-electron chi connectivity index (χ3n) is 9.63. The van der Waals surface area contributed by atoms with Crippen LogP contribution >= 0.6 is 7.82 Å². The second-order valence-corrected chi connectivity index (χ2v) is 16.8. The van der Waals surface area contributed by atoms with Crippen LogP contribution in [0.4, 0.5) is 0 Å². The number of rotatable bonds is 44. The Morgan fingerprint density at radius 2 is 0.966 bits per heavy atom. The van der Waals surface area contributed by atoms with Crippen LogP contribution in [0.2, 0.25) is 0 Å². The fourth-order valence-electron chi connectivity index (χ4n) is 6.08. The number of phosphoric acid groups is 1. The van der Waals surface area contributed by atoms with Gasteiger partial charge in [-0.25, -0.2) is 4.57 Å². The molecule has 0 aliphatic heterocycles. The topological polar surface area (TPSA) is 132 Å². The van der Waals surface area contributed by atoms with Crippen molar-refractivity contribution < 1.29 is 43.0 Å². The van der Waals surface area contributed by atoms with Crippen molar-refractivity contribution in [3.63, 3.8) is 0 Å². The largest absolute Gasteiger partial charge is 0.472 e. The van der Waals surface area contributed by atoms with Gasteiger partial charge in [0, 0.05) is 13.0 Å². The van der Waals surface area contributed by atoms with E-state index in [1.807, 2.05) is 0 Å². The molecule has 0 aromatic carbocycles. The third kappa shape index (κ3) is 45.3. The lowest BCUT2D eigenvalue weighted by Gasteiger charge is -2.20. The van der Waals surface area contributed by atoms with Crippen LogP contribution in [0, 0.1) is 0 Å². The molecule has 342 valence electrons. The fraction of sp³-hybridized carbons (Fsp3) is 0.735. The molecule has 0 saturated carbocycles. The maximum Gasteiger partial charge on any atom is 0.472 e. The van der Waals surface area contributed by atoms with E-state index in [-0.39, 0.29) is 13.0 Å². The zero-order valence-electron chi connectivity index (χ0n) is 37.4. The average molecular weight is 851 g/mol. The Bertz CT molecular complexity index is 1150. The molecule has 0 heterocycles. The SMILES string of the molecule is CC/C=C\C/C=C\C/C=C\C/C=C\C/C=C\CCCCCC(=O)OC(COCCCCCCCCCC/C=C\CCCCCCCCC)COP(=O)(O)OCC(O)CO. The Hall–Kier alpha value is -2.10. The third-order valence-corrected chi connectivity index (χ3v) is 10.6. The van der Waals surface area contributed by atoms with Gasteiger partial charge in [0.25, 0.3) is 0 Å². The molecule has 0 fully saturated rings. The highest BCUT2D eigenvalue weighted by Gasteiger charge is 2.26. The number of hydrogen-bond acceptors (Lipinski definition) is 8. The van der Waals surface area contributed by atoms with E-state index in [0.29, 0.717) is 13.0 Å². The molecule has 0 aromatic rings. The van der Waals surface area contributed by atoms with Gasteiger partial charge in [0.05, 0.1) is 26.4 Å². The first-order valence-corrected chi connectivity index (χ1v) is 24.9. The summed E-state index contributed by atoms with van der Waals surface area (Å²) >= 11 is 0. The smallest absolute Gasteiger partial charge is 0.457 e. The van der Waals surface area contributed by atoms with Gasteiger partial charge in [-0.2, -0.15) is 0 Å². The van der Waals surface area contributed by atoms with Gasteiger partial charge in [0.1, 0.15) is 12.2 Å². The van der Waals surface area contributed by atoms with E-state index >= 15 is 0 Å². The minimum atomic E-state index is -4.53. The van der Waals surface area contributed by atoms with Gasteiger partial charge in [-0.15, -0.1) is 0 Å². The first-order chi connectivity index (χ1) is 28.8. The van der Waals surface area contributed by atoms with E-state index in [0.717, 1.165) is 70.6 Å². The van der Waals surface area contributed by atoms with Crippen LogP contribution in [0.25, 0.3) is 0 Å². The molecule has 0 spiro atoms. The number of aliphatic hydroxyl groups is 2. The normalized spacial score (nSPS) is 14.6. The van der Waals surface area contributed by atoms with E-state index in [1.54, 1.807) is 0 Å². The van der Waals surface area contributed by atoms with E-state index in [4.69, 9.17) is 23.6 Å². The molecular weight excluding hydrogens is 764 g/mol. The number of ether oxygens (including phenoxy) is 2. The molecule has 3 atom stereocenters. The first kappa shape index (κ1) is 56.9. The average Bonchev–Trinajstić information content (AvgIpc) is 3.23. The van der Waals surface area contributed by atoms with E-state index in [1.165, 1.54) is 89.9 Å². The zero-order valence-corrected chi connectivity index (χ0v) is 38.3. The molecule has 0 aliphatic rings. The molecule has 10 heteroatoms. The predicted octanol–water partition coefficient (Wildman–Crippen LogP) is 13.3. The highest BCUT2D eigenvalue weighted by atomic mass is 31.2. The van der Waals surface area contributed by atoms with Gasteiger partial charge in [-0.05, 0) is 83.5 Å². The number of allylic oxidation sites excluding steroid dienone is 12. The summed E-state index contributed by atoms with van der Waals surface area (Å²) in [5, 5.41) is 18.4. The molecule has 0 aromatic heterocycles. The Morgan fingerprint density at radius 1 is 0.542 bits per heavy atom. The van der Waals surface area contributed by atoms with Crippen molar-refractivity contribution >= 4 is 13.8 Å². The van der Waals surface area contributed by atoms with Crippen molar-refractivity contribution in [2.24, 2.45) is 0 Å². The first-order valence-electron chi connectivity index (χ1n) is 23.4. The van der Waals surface area contributed by atoms with Gasteiger partial charge in [0.15, 0.2) is 0 Å². The van der Waals surface area contributed by atoms with Gasteiger partial charge in [-0.1, -0.05) is 170 Å². The molecule has 0 bridgehead atoms. The Balaban J connectivity index is 4.21. The summed E-state index contributed by atoms with van der Waals surface area (Å²) in [7, 11) is -4.53. The predicted molar refractivity (Wildman–Crippen MR) is 246 cm³/mol. The summed E-state index contributed by atoms with van der Waals surface area (Å²) in [5.74, 6) is -0.416. The van der Waals surface area contributed by atoms with Gasteiger partial charge in [0.2, 0.25) is 0 Å². The highest BCUT2D eigenvalue weighted by molar-refractivity contribution is 7.47. The number of esters is 1. The van der Waals surface area contributed by atoms with Crippen molar-refractivity contribution in [3.05, 3.63) is 72.9 Å². The van der Waals surface area contributed by atoms with Gasteiger partial charge < -0.3 is 24.6 Å². The quantitative estimate of drug-likeness (QED) is 0.0237. The van der Waals surface area contributed by atoms with E-state index in [2.05, 4.69) is 86.8 Å². The van der Waals surface area contributed by atoms with Crippen molar-refractivity contribution in [2.75, 3.05) is 33.0 Å². The number of phosphoric ester groups is 1. The van der Waals surface area contributed by atoms with E-state index < -0.39 is 45.8 Å². The minimum Gasteiger partial charge on any atom is -0.457 e. The van der Waals surface area contributed by atoms with Crippen LogP contribution in [-0.4, -0.2) is 66.3 Å². The zero-order chi connectivity index (χ0) is 43.2. The molecule has 0 rings (SSSR count). The monoisotopic (exact) mass is 851 g/mol. The Morgan fingerprint density at radius 3 is 1.47 bits per heavy atom. The summed E-state index contributed by atoms with van der Waals surface area (Å²) in [5.41, 5.74) is 0. The maximum atomic E-state index is 12.6. The second kappa shape index (κ2) is 45.4. The van der Waals surface area contributed by atoms with Crippen LogP contribution in [0.15, 0.2) is 72.9 Å². The summed E-state index contributed by atoms with van der Waals surface area (Å²) < 4.78 is 33.4. The fourth-order valence-corrected chi connectivity index (χ4v) is 6.87. The van der Waals surface area contributed by atoms with Crippen molar-refractivity contribution in [2.45, 2.75) is 199 Å². The molecule has 0 saturated heterocycles. The summed E-state index contributed by atoms with van der Waals surface area (Å²) in [6.45, 7) is 3.35. The second-order valence-electron chi connectivity index (χ2n) is 15.4. The van der Waals surface area contributed by atoms with Crippen LogP contribution in [0.3, 0.4) is 0 Å². The van der Waals surface area contributed by atoms with Crippen molar-refractivity contribution in [1.29, 1.82) is 0 Å². The highest BCUT2D eigenvalue weighted by Crippen LogP contribution is 2.43. The molecule has 0 radical (unpaired) electrons. The molecule has 0 amide bonds. The van der Waals surface area contributed by atoms with Gasteiger partial charge >= 0.3 is 13.8 Å². The molecular formula is C49H87O9P. The lowest BCUT2D eigenvalue weighted by atomic mass is 10.1. The van der Waals surface area contributed by atoms with Crippen molar-refractivity contribution in [3.8, 4) is 0 Å². The van der Waals surface area contributed by atoms with Crippen molar-refractivity contribution in [1.82, 2.24) is 0 Å².